The first kappa shape index (κ1) is 20.1. The molecule has 6 rings (SSSR count). The Labute approximate surface area is 190 Å². The molecule has 5 aliphatic rings. The minimum absolute atomic E-state index is 0.102. The molecule has 1 aromatic rings. The third kappa shape index (κ3) is 2.36. The van der Waals surface area contributed by atoms with Gasteiger partial charge in [-0.25, -0.2) is 0 Å². The predicted octanol–water partition coefficient (Wildman–Crippen LogP) is 1.16. The van der Waals surface area contributed by atoms with Crippen molar-refractivity contribution < 1.29 is 23.8 Å². The summed E-state index contributed by atoms with van der Waals surface area (Å²) in [5, 5.41) is 10.6. The number of morpholine rings is 1. The molecule has 4 fully saturated rings. The van der Waals surface area contributed by atoms with E-state index in [-0.39, 0.29) is 18.6 Å². The normalized spacial score (nSPS) is 37.8. The zero-order valence-corrected chi connectivity index (χ0v) is 18.8. The van der Waals surface area contributed by atoms with Gasteiger partial charge >= 0.3 is 0 Å². The number of nitrogens with zero attached hydrogens (tertiary/aromatic N) is 4. The monoisotopic (exact) mass is 456 g/mol. The van der Waals surface area contributed by atoms with Crippen molar-refractivity contribution in [2.45, 2.75) is 29.1 Å². The number of fused-ring (bicyclic) bond motifs is 2. The summed E-state index contributed by atoms with van der Waals surface area (Å²) in [6, 6.07) is 7.59. The molecule has 0 aliphatic carbocycles. The van der Waals surface area contributed by atoms with Crippen LogP contribution in [0.3, 0.4) is 0 Å². The molecule has 9 nitrogen and oxygen atoms in total. The number of thioether (sulfide) groups is 1. The SMILES string of the molecule is CN1C(=O)C23CC(C#N)(CN4CCOCC4)C(c4ccc5c(c4)OCO5)N2C(=O)C1(C)S3. The van der Waals surface area contributed by atoms with Crippen LogP contribution in [0.5, 0.6) is 11.5 Å². The van der Waals surface area contributed by atoms with Crippen LogP contribution in [0.2, 0.25) is 0 Å². The van der Waals surface area contributed by atoms with Gasteiger partial charge in [-0.1, -0.05) is 17.8 Å². The minimum Gasteiger partial charge on any atom is -0.454 e. The molecule has 1 aromatic carbocycles. The number of rotatable bonds is 3. The lowest BCUT2D eigenvalue weighted by Crippen LogP contribution is -2.61. The van der Waals surface area contributed by atoms with Crippen LogP contribution in [0.1, 0.15) is 24.9 Å². The van der Waals surface area contributed by atoms with E-state index in [0.29, 0.717) is 37.7 Å². The van der Waals surface area contributed by atoms with E-state index in [0.717, 1.165) is 18.7 Å². The van der Waals surface area contributed by atoms with Gasteiger partial charge in [0.25, 0.3) is 11.8 Å². The minimum atomic E-state index is -1.07. The second-order valence-electron chi connectivity index (χ2n) is 9.26. The molecule has 4 atom stereocenters. The molecular formula is C22H24N4O5S. The molecule has 5 heterocycles. The third-order valence-electron chi connectivity index (χ3n) is 7.53. The molecule has 10 heteroatoms. The summed E-state index contributed by atoms with van der Waals surface area (Å²) in [6.07, 6.45) is 0.294. The second kappa shape index (κ2) is 6.53. The number of carbonyl (C=O) groups is 2. The highest BCUT2D eigenvalue weighted by molar-refractivity contribution is 8.04. The highest BCUT2D eigenvalue weighted by Gasteiger charge is 2.79. The van der Waals surface area contributed by atoms with Gasteiger partial charge in [-0.3, -0.25) is 14.5 Å². The summed E-state index contributed by atoms with van der Waals surface area (Å²) in [7, 11) is 1.68. The largest absolute Gasteiger partial charge is 0.454 e. The Kier molecular flexibility index (Phi) is 4.11. The van der Waals surface area contributed by atoms with Crippen LogP contribution in [0.25, 0.3) is 0 Å². The van der Waals surface area contributed by atoms with Gasteiger partial charge in [0, 0.05) is 33.1 Å². The topological polar surface area (TPSA) is 95.3 Å². The van der Waals surface area contributed by atoms with Crippen molar-refractivity contribution in [1.82, 2.24) is 14.7 Å². The smallest absolute Gasteiger partial charge is 0.261 e. The van der Waals surface area contributed by atoms with Crippen molar-refractivity contribution in [3.63, 3.8) is 0 Å². The van der Waals surface area contributed by atoms with Crippen molar-refractivity contribution in [3.8, 4) is 17.6 Å². The Morgan fingerprint density at radius 2 is 1.94 bits per heavy atom. The average Bonchev–Trinajstić information content (AvgIpc) is 3.48. The molecule has 0 radical (unpaired) electrons. The van der Waals surface area contributed by atoms with Gasteiger partial charge in [0.1, 0.15) is 0 Å². The van der Waals surface area contributed by atoms with Gasteiger partial charge in [0.2, 0.25) is 6.79 Å². The predicted molar refractivity (Wildman–Crippen MR) is 114 cm³/mol. The number of hydrogen-bond donors (Lipinski definition) is 0. The second-order valence-corrected chi connectivity index (χ2v) is 10.9. The summed E-state index contributed by atoms with van der Waals surface area (Å²) < 4.78 is 16.5. The third-order valence-corrected chi connectivity index (χ3v) is 9.23. The van der Waals surface area contributed by atoms with Gasteiger partial charge in [-0.05, 0) is 24.6 Å². The van der Waals surface area contributed by atoms with Crippen LogP contribution in [0.4, 0.5) is 0 Å². The fourth-order valence-corrected chi connectivity index (χ4v) is 7.81. The number of nitriles is 1. The molecule has 0 aromatic heterocycles. The van der Waals surface area contributed by atoms with Gasteiger partial charge in [-0.2, -0.15) is 5.26 Å². The van der Waals surface area contributed by atoms with Gasteiger partial charge in [0.15, 0.2) is 21.2 Å². The lowest BCUT2D eigenvalue weighted by Gasteiger charge is -2.41. The van der Waals surface area contributed by atoms with E-state index >= 15 is 0 Å². The van der Waals surface area contributed by atoms with Gasteiger partial charge in [-0.15, -0.1) is 0 Å². The van der Waals surface area contributed by atoms with Gasteiger partial charge < -0.3 is 24.0 Å². The van der Waals surface area contributed by atoms with E-state index < -0.39 is 21.2 Å². The van der Waals surface area contributed by atoms with E-state index in [2.05, 4.69) is 11.0 Å². The van der Waals surface area contributed by atoms with Gasteiger partial charge in [0.05, 0.1) is 30.7 Å². The Hall–Kier alpha value is -2.48. The Morgan fingerprint density at radius 3 is 2.69 bits per heavy atom. The van der Waals surface area contributed by atoms with Crippen LogP contribution in [0, 0.1) is 16.7 Å². The lowest BCUT2D eigenvalue weighted by molar-refractivity contribution is -0.159. The van der Waals surface area contributed by atoms with Crippen LogP contribution in [-0.2, 0) is 14.3 Å². The average molecular weight is 457 g/mol. The molecule has 2 bridgehead atoms. The fourth-order valence-electron chi connectivity index (χ4n) is 5.91. The van der Waals surface area contributed by atoms with Crippen molar-refractivity contribution in [3.05, 3.63) is 23.8 Å². The molecule has 4 unspecified atom stereocenters. The molecule has 32 heavy (non-hydrogen) atoms. The van der Waals surface area contributed by atoms with Crippen molar-refractivity contribution in [2.75, 3.05) is 46.7 Å². The summed E-state index contributed by atoms with van der Waals surface area (Å²) in [5.74, 6) is 1.02. The Balaban J connectivity index is 1.50. The molecule has 4 saturated heterocycles. The molecular weight excluding hydrogens is 432 g/mol. The maximum atomic E-state index is 13.7. The lowest BCUT2D eigenvalue weighted by atomic mass is 9.76. The zero-order valence-electron chi connectivity index (χ0n) is 18.0. The van der Waals surface area contributed by atoms with E-state index in [1.165, 1.54) is 11.8 Å². The number of hydrogen-bond acceptors (Lipinski definition) is 8. The Bertz CT molecular complexity index is 1070. The number of piperazine rings is 1. The quantitative estimate of drug-likeness (QED) is 0.669. The number of amides is 2. The summed E-state index contributed by atoms with van der Waals surface area (Å²) in [6.45, 7) is 5.07. The van der Waals surface area contributed by atoms with Crippen LogP contribution >= 0.6 is 11.8 Å². The maximum Gasteiger partial charge on any atom is 0.261 e. The first-order valence-corrected chi connectivity index (χ1v) is 11.6. The molecule has 2 amide bonds. The van der Waals surface area contributed by atoms with Crippen LogP contribution < -0.4 is 9.47 Å². The zero-order chi connectivity index (χ0) is 22.3. The van der Waals surface area contributed by atoms with Crippen LogP contribution in [-0.4, -0.2) is 82.9 Å². The highest BCUT2D eigenvalue weighted by Crippen LogP contribution is 2.69. The van der Waals surface area contributed by atoms with Crippen molar-refractivity contribution in [2.24, 2.45) is 5.41 Å². The van der Waals surface area contributed by atoms with Crippen LogP contribution in [0.15, 0.2) is 18.2 Å². The highest BCUT2D eigenvalue weighted by atomic mass is 32.2. The van der Waals surface area contributed by atoms with E-state index in [1.807, 2.05) is 18.2 Å². The molecule has 5 aliphatic heterocycles. The first-order chi connectivity index (χ1) is 15.3. The molecule has 0 N–H and O–H groups in total. The first-order valence-electron chi connectivity index (χ1n) is 10.8. The van der Waals surface area contributed by atoms with Crippen molar-refractivity contribution in [1.29, 1.82) is 5.26 Å². The number of benzene rings is 1. The maximum absolute atomic E-state index is 13.7. The number of ether oxygens (including phenoxy) is 3. The molecule has 1 spiro atoms. The number of likely N-dealkylation sites (N-methyl/N-ethyl adjacent to an activating group) is 1. The Morgan fingerprint density at radius 1 is 1.19 bits per heavy atom. The number of carbonyl (C=O) groups excluding carboxylic acids is 2. The summed E-state index contributed by atoms with van der Waals surface area (Å²) in [4.78, 5) is 30.7. The molecule has 168 valence electrons. The fraction of sp³-hybridized carbons (Fsp3) is 0.591. The van der Waals surface area contributed by atoms with E-state index in [1.54, 1.807) is 23.8 Å². The van der Waals surface area contributed by atoms with E-state index in [4.69, 9.17) is 14.2 Å². The van der Waals surface area contributed by atoms with Crippen molar-refractivity contribution >= 4 is 23.6 Å². The summed E-state index contributed by atoms with van der Waals surface area (Å²) in [5.41, 5.74) is -0.155. The molecule has 0 saturated carbocycles. The van der Waals surface area contributed by atoms with E-state index in [9.17, 15) is 14.9 Å². The standard InChI is InChI=1S/C22H24N4O5S/c1-20-18(27)26-17(14-3-4-15-16(9-14)31-13-30-15)21(11-23,12-25-5-7-29-8-6-25)10-22(26,32-20)19(28)24(20)2/h3-4,9,17H,5-8,10,12-13H2,1-2H3. The summed E-state index contributed by atoms with van der Waals surface area (Å²) >= 11 is 1.38.